The van der Waals surface area contributed by atoms with E-state index in [4.69, 9.17) is 5.26 Å². The van der Waals surface area contributed by atoms with E-state index >= 15 is 0 Å². The number of nitrogens with zero attached hydrogens (tertiary/aromatic N) is 5. The molecule has 3 rings (SSSR count). The van der Waals surface area contributed by atoms with Gasteiger partial charge in [-0.1, -0.05) is 0 Å². The lowest BCUT2D eigenvalue weighted by Gasteiger charge is -2.04. The molecule has 0 spiro atoms. The summed E-state index contributed by atoms with van der Waals surface area (Å²) >= 11 is 0. The van der Waals surface area contributed by atoms with E-state index in [0.717, 1.165) is 16.6 Å². The summed E-state index contributed by atoms with van der Waals surface area (Å²) in [6.07, 6.45) is 1.76. The van der Waals surface area contributed by atoms with Gasteiger partial charge in [0.15, 0.2) is 5.82 Å². The zero-order valence-electron chi connectivity index (χ0n) is 11.1. The highest BCUT2D eigenvalue weighted by Gasteiger charge is 2.08. The monoisotopic (exact) mass is 264 g/mol. The zero-order valence-corrected chi connectivity index (χ0v) is 11.1. The van der Waals surface area contributed by atoms with Gasteiger partial charge in [0.1, 0.15) is 17.6 Å². The second-order valence-electron chi connectivity index (χ2n) is 4.38. The number of fused-ring (bicyclic) bond motifs is 1. The Morgan fingerprint density at radius 1 is 1.25 bits per heavy atom. The number of nitrogens with one attached hydrogen (secondary N) is 1. The van der Waals surface area contributed by atoms with E-state index in [2.05, 4.69) is 20.3 Å². The van der Waals surface area contributed by atoms with Gasteiger partial charge in [-0.3, -0.25) is 0 Å². The van der Waals surface area contributed by atoms with Gasteiger partial charge in [-0.05, 0) is 18.2 Å². The molecule has 98 valence electrons. The molecule has 0 bridgehead atoms. The Bertz CT molecular complexity index is 827. The third-order valence-corrected chi connectivity index (χ3v) is 3.08. The molecule has 3 aromatic rings. The average Bonchev–Trinajstić information content (AvgIpc) is 2.87. The quantitative estimate of drug-likeness (QED) is 0.765. The van der Waals surface area contributed by atoms with Crippen LogP contribution in [-0.4, -0.2) is 26.6 Å². The number of benzene rings is 1. The normalized spacial score (nSPS) is 10.4. The Kier molecular flexibility index (Phi) is 2.80. The molecular weight excluding hydrogens is 252 g/mol. The fraction of sp³-hybridized carbons (Fsp3) is 0.143. The molecule has 6 nitrogen and oxygen atoms in total. The summed E-state index contributed by atoms with van der Waals surface area (Å²) in [6, 6.07) is 9.48. The lowest BCUT2D eigenvalue weighted by Crippen LogP contribution is -1.99. The molecule has 0 fully saturated rings. The van der Waals surface area contributed by atoms with Crippen molar-refractivity contribution in [3.05, 3.63) is 36.3 Å². The van der Waals surface area contributed by atoms with Gasteiger partial charge in [0.25, 0.3) is 0 Å². The number of hydrogen-bond acceptors (Lipinski definition) is 5. The van der Waals surface area contributed by atoms with Gasteiger partial charge in [-0.25, -0.2) is 15.0 Å². The van der Waals surface area contributed by atoms with Crippen molar-refractivity contribution in [2.75, 3.05) is 12.4 Å². The van der Waals surface area contributed by atoms with Gasteiger partial charge in [0.05, 0.1) is 17.4 Å². The third kappa shape index (κ3) is 1.95. The summed E-state index contributed by atoms with van der Waals surface area (Å²) in [7, 11) is 3.70. The van der Waals surface area contributed by atoms with Crippen LogP contribution in [0.4, 0.5) is 5.82 Å². The third-order valence-electron chi connectivity index (χ3n) is 3.08. The first-order valence-electron chi connectivity index (χ1n) is 6.09. The highest BCUT2D eigenvalue weighted by molar-refractivity contribution is 5.80. The first-order valence-corrected chi connectivity index (χ1v) is 6.09. The molecule has 0 radical (unpaired) electrons. The summed E-state index contributed by atoms with van der Waals surface area (Å²) < 4.78 is 1.95. The Hall–Kier alpha value is -2.94. The first-order chi connectivity index (χ1) is 9.71. The predicted octanol–water partition coefficient (Wildman–Crippen LogP) is 1.94. The van der Waals surface area contributed by atoms with Crippen molar-refractivity contribution in [3.63, 3.8) is 0 Å². The maximum Gasteiger partial charge on any atom is 0.163 e. The predicted molar refractivity (Wildman–Crippen MR) is 76.0 cm³/mol. The van der Waals surface area contributed by atoms with Gasteiger partial charge in [-0.2, -0.15) is 5.26 Å². The van der Waals surface area contributed by atoms with Crippen molar-refractivity contribution >= 4 is 16.9 Å². The molecule has 1 aromatic carbocycles. The highest BCUT2D eigenvalue weighted by atomic mass is 15.0. The molecule has 0 aliphatic heterocycles. The molecule has 2 heterocycles. The molecule has 6 heteroatoms. The van der Waals surface area contributed by atoms with E-state index in [1.807, 2.05) is 35.9 Å². The maximum atomic E-state index is 9.02. The Balaban J connectivity index is 2.17. The summed E-state index contributed by atoms with van der Waals surface area (Å²) in [4.78, 5) is 12.9. The van der Waals surface area contributed by atoms with E-state index in [-0.39, 0.29) is 0 Å². The molecule has 0 amide bonds. The second-order valence-corrected chi connectivity index (χ2v) is 4.38. The molecule has 0 saturated heterocycles. The topological polar surface area (TPSA) is 79.4 Å². The van der Waals surface area contributed by atoms with Crippen molar-refractivity contribution in [3.8, 4) is 17.5 Å². The Labute approximate surface area is 115 Å². The van der Waals surface area contributed by atoms with Crippen molar-refractivity contribution in [1.82, 2.24) is 19.5 Å². The van der Waals surface area contributed by atoms with E-state index in [9.17, 15) is 0 Å². The SMILES string of the molecule is CNc1cc(C#N)nc(-c2ccc3c(c2)ncn3C)n1. The molecule has 1 N–H and O–H groups in total. The fourth-order valence-electron chi connectivity index (χ4n) is 2.04. The second kappa shape index (κ2) is 4.63. The fourth-order valence-corrected chi connectivity index (χ4v) is 2.04. The first kappa shape index (κ1) is 12.1. The smallest absolute Gasteiger partial charge is 0.163 e. The number of anilines is 1. The van der Waals surface area contributed by atoms with Crippen LogP contribution in [0.1, 0.15) is 5.69 Å². The molecule has 0 atom stereocenters. The summed E-state index contributed by atoms with van der Waals surface area (Å²) in [5.41, 5.74) is 3.09. The van der Waals surface area contributed by atoms with Gasteiger partial charge >= 0.3 is 0 Å². The number of nitriles is 1. The molecular formula is C14H12N6. The molecule has 2 aromatic heterocycles. The van der Waals surface area contributed by atoms with Crippen LogP contribution in [0.2, 0.25) is 0 Å². The molecule has 0 aliphatic carbocycles. The van der Waals surface area contributed by atoms with Gasteiger partial charge < -0.3 is 9.88 Å². The lowest BCUT2D eigenvalue weighted by molar-refractivity contribution is 0.947. The summed E-state index contributed by atoms with van der Waals surface area (Å²) in [5, 5.41) is 12.0. The molecule has 0 aliphatic rings. The lowest BCUT2D eigenvalue weighted by atomic mass is 10.2. The largest absolute Gasteiger partial charge is 0.373 e. The summed E-state index contributed by atoms with van der Waals surface area (Å²) in [6.45, 7) is 0. The van der Waals surface area contributed by atoms with Crippen LogP contribution < -0.4 is 5.32 Å². The van der Waals surface area contributed by atoms with Gasteiger partial charge in [0, 0.05) is 25.7 Å². The molecule has 0 saturated carbocycles. The van der Waals surface area contributed by atoms with E-state index in [0.29, 0.717) is 17.3 Å². The van der Waals surface area contributed by atoms with Crippen LogP contribution in [0.15, 0.2) is 30.6 Å². The van der Waals surface area contributed by atoms with Gasteiger partial charge in [-0.15, -0.1) is 0 Å². The zero-order chi connectivity index (χ0) is 14.1. The van der Waals surface area contributed by atoms with E-state index in [1.54, 1.807) is 19.4 Å². The van der Waals surface area contributed by atoms with Crippen LogP contribution in [0.25, 0.3) is 22.4 Å². The van der Waals surface area contributed by atoms with Crippen LogP contribution in [0.5, 0.6) is 0 Å². The maximum absolute atomic E-state index is 9.02. The van der Waals surface area contributed by atoms with Crippen LogP contribution in [-0.2, 0) is 7.05 Å². The number of hydrogen-bond donors (Lipinski definition) is 1. The molecule has 20 heavy (non-hydrogen) atoms. The number of rotatable bonds is 2. The minimum absolute atomic E-state index is 0.334. The minimum Gasteiger partial charge on any atom is -0.373 e. The van der Waals surface area contributed by atoms with Crippen molar-refractivity contribution in [1.29, 1.82) is 5.26 Å². The number of aryl methyl sites for hydroxylation is 1. The Morgan fingerprint density at radius 2 is 2.10 bits per heavy atom. The Morgan fingerprint density at radius 3 is 2.85 bits per heavy atom. The summed E-state index contributed by atoms with van der Waals surface area (Å²) in [5.74, 6) is 1.13. The van der Waals surface area contributed by atoms with Crippen molar-refractivity contribution < 1.29 is 0 Å². The van der Waals surface area contributed by atoms with Crippen LogP contribution in [0, 0.1) is 11.3 Å². The van der Waals surface area contributed by atoms with E-state index < -0.39 is 0 Å². The van der Waals surface area contributed by atoms with Gasteiger partial charge in [0.2, 0.25) is 0 Å². The van der Waals surface area contributed by atoms with E-state index in [1.165, 1.54) is 0 Å². The number of aromatic nitrogens is 4. The highest BCUT2D eigenvalue weighted by Crippen LogP contribution is 2.22. The van der Waals surface area contributed by atoms with Crippen molar-refractivity contribution in [2.24, 2.45) is 7.05 Å². The van der Waals surface area contributed by atoms with Crippen LogP contribution >= 0.6 is 0 Å². The number of imidazole rings is 1. The average molecular weight is 264 g/mol. The molecule has 0 unspecified atom stereocenters. The van der Waals surface area contributed by atoms with Crippen molar-refractivity contribution in [2.45, 2.75) is 0 Å². The minimum atomic E-state index is 0.334. The van der Waals surface area contributed by atoms with Crippen LogP contribution in [0.3, 0.4) is 0 Å². The standard InChI is InChI=1S/C14H12N6/c1-16-13-6-10(7-15)18-14(19-13)9-3-4-12-11(5-9)17-8-20(12)2/h3-6,8H,1-2H3,(H,16,18,19).